The molecule has 2 aromatic carbocycles. The maximum atomic E-state index is 13.3. The molecule has 1 aromatic heterocycles. The van der Waals surface area contributed by atoms with Crippen LogP contribution in [0.5, 0.6) is 11.6 Å². The Kier molecular flexibility index (Phi) is 6.72. The Balaban J connectivity index is 1.46. The Hall–Kier alpha value is -3.01. The fourth-order valence-electron chi connectivity index (χ4n) is 4.50. The van der Waals surface area contributed by atoms with Crippen LogP contribution in [-0.4, -0.2) is 52.1 Å². The van der Waals surface area contributed by atoms with Gasteiger partial charge in [0.1, 0.15) is 24.7 Å². The van der Waals surface area contributed by atoms with E-state index in [1.807, 2.05) is 38.4 Å². The Morgan fingerprint density at radius 3 is 2.83 bits per heavy atom. The minimum absolute atomic E-state index is 0.117. The summed E-state index contributed by atoms with van der Waals surface area (Å²) in [5.74, 6) is 1.06. The molecule has 8 nitrogen and oxygen atoms in total. The number of nitrogens with one attached hydrogen (secondary N) is 1. The zero-order valence-corrected chi connectivity index (χ0v) is 22.1. The molecule has 0 spiro atoms. The molecule has 0 unspecified atom stereocenters. The highest BCUT2D eigenvalue weighted by Crippen LogP contribution is 2.34. The lowest BCUT2D eigenvalue weighted by molar-refractivity contribution is 0.283. The minimum atomic E-state index is -3.92. The van der Waals surface area contributed by atoms with Gasteiger partial charge in [0.25, 0.3) is 10.0 Å². The molecule has 3 heterocycles. The van der Waals surface area contributed by atoms with E-state index in [2.05, 4.69) is 14.5 Å². The van der Waals surface area contributed by atoms with Gasteiger partial charge < -0.3 is 19.3 Å². The van der Waals surface area contributed by atoms with E-state index >= 15 is 0 Å². The molecule has 0 amide bonds. The zero-order valence-electron chi connectivity index (χ0n) is 20.5. The van der Waals surface area contributed by atoms with Gasteiger partial charge in [0, 0.05) is 31.6 Å². The summed E-state index contributed by atoms with van der Waals surface area (Å²) in [5, 5.41) is 0.389. The van der Waals surface area contributed by atoms with Crippen molar-refractivity contribution in [3.63, 3.8) is 0 Å². The molecule has 5 rings (SSSR count). The first-order valence-electron chi connectivity index (χ1n) is 11.8. The first-order chi connectivity index (χ1) is 17.2. The lowest BCUT2D eigenvalue weighted by Crippen LogP contribution is -2.28. The maximum absolute atomic E-state index is 13.3. The summed E-state index contributed by atoms with van der Waals surface area (Å²) >= 11 is 6.19. The molecule has 0 fully saturated rings. The van der Waals surface area contributed by atoms with Crippen molar-refractivity contribution in [3.8, 4) is 11.6 Å². The van der Waals surface area contributed by atoms with Crippen LogP contribution < -0.4 is 19.1 Å². The predicted octanol–water partition coefficient (Wildman–Crippen LogP) is 4.24. The van der Waals surface area contributed by atoms with Gasteiger partial charge in [0.2, 0.25) is 5.88 Å². The van der Waals surface area contributed by atoms with Crippen molar-refractivity contribution in [2.24, 2.45) is 0 Å². The molecule has 0 atom stereocenters. The number of sulfonamides is 1. The number of hydrogen-bond donors (Lipinski definition) is 1. The normalized spacial score (nSPS) is 15.6. The van der Waals surface area contributed by atoms with Crippen LogP contribution in [0, 0.1) is 6.92 Å². The molecule has 2 aliphatic rings. The number of halogens is 1. The molecule has 0 radical (unpaired) electrons. The summed E-state index contributed by atoms with van der Waals surface area (Å²) in [6.45, 7) is 4.93. The van der Waals surface area contributed by atoms with Crippen molar-refractivity contribution < 1.29 is 17.9 Å². The summed E-state index contributed by atoms with van der Waals surface area (Å²) in [4.78, 5) is 9.18. The Morgan fingerprint density at radius 1 is 1.17 bits per heavy atom. The fourth-order valence-corrected chi connectivity index (χ4v) is 6.05. The SMILES string of the molecule is Cc1c(Cl)cccc1S(=O)(=O)Nc1cc2c(nc1OCc1ccc3c(c1)OCCN3C)CCN(C)C2. The number of nitrogens with zero attached hydrogens (tertiary/aromatic N) is 3. The average Bonchev–Trinajstić information content (AvgIpc) is 2.84. The van der Waals surface area contributed by atoms with E-state index in [1.165, 1.54) is 6.07 Å². The number of ether oxygens (including phenoxy) is 2. The summed E-state index contributed by atoms with van der Waals surface area (Å²) in [6, 6.07) is 12.6. The second-order valence-corrected chi connectivity index (χ2v) is 11.3. The van der Waals surface area contributed by atoms with Crippen LogP contribution in [0.25, 0.3) is 0 Å². The van der Waals surface area contributed by atoms with E-state index < -0.39 is 10.0 Å². The number of anilines is 2. The van der Waals surface area contributed by atoms with Gasteiger partial charge in [-0.15, -0.1) is 0 Å². The monoisotopic (exact) mass is 528 g/mol. The largest absolute Gasteiger partial charge is 0.490 e. The fraction of sp³-hybridized carbons (Fsp3) is 0.346. The van der Waals surface area contributed by atoms with Crippen LogP contribution in [0.3, 0.4) is 0 Å². The number of benzene rings is 2. The summed E-state index contributed by atoms with van der Waals surface area (Å²) in [7, 11) is 0.140. The number of pyridine rings is 1. The van der Waals surface area contributed by atoms with Crippen LogP contribution in [0.2, 0.25) is 5.02 Å². The van der Waals surface area contributed by atoms with Crippen molar-refractivity contribution in [3.05, 3.63) is 69.9 Å². The lowest BCUT2D eigenvalue weighted by atomic mass is 10.1. The smallest absolute Gasteiger partial charge is 0.262 e. The number of likely N-dealkylation sites (N-methyl/N-ethyl adjacent to an activating group) is 2. The lowest BCUT2D eigenvalue weighted by Gasteiger charge is -2.28. The molecule has 2 aliphatic heterocycles. The molecule has 190 valence electrons. The Bertz CT molecular complexity index is 1410. The van der Waals surface area contributed by atoms with Crippen LogP contribution >= 0.6 is 11.6 Å². The number of aromatic nitrogens is 1. The van der Waals surface area contributed by atoms with Crippen LogP contribution in [0.1, 0.15) is 22.4 Å². The summed E-state index contributed by atoms with van der Waals surface area (Å²) < 4.78 is 41.3. The molecule has 0 saturated heterocycles. The Morgan fingerprint density at radius 2 is 2.00 bits per heavy atom. The van der Waals surface area contributed by atoms with Gasteiger partial charge in [-0.2, -0.15) is 0 Å². The molecular weight excluding hydrogens is 500 g/mol. The molecule has 3 aromatic rings. The van der Waals surface area contributed by atoms with Crippen molar-refractivity contribution in [1.82, 2.24) is 9.88 Å². The third-order valence-electron chi connectivity index (χ3n) is 6.57. The van der Waals surface area contributed by atoms with Crippen molar-refractivity contribution in [2.45, 2.75) is 31.4 Å². The van der Waals surface area contributed by atoms with Gasteiger partial charge in [-0.05, 0) is 61.0 Å². The minimum Gasteiger partial charge on any atom is -0.490 e. The average molecular weight is 529 g/mol. The van der Waals surface area contributed by atoms with Crippen LogP contribution in [0.4, 0.5) is 11.4 Å². The summed E-state index contributed by atoms with van der Waals surface area (Å²) in [5.41, 5.74) is 4.62. The third-order valence-corrected chi connectivity index (χ3v) is 8.49. The second kappa shape index (κ2) is 9.80. The summed E-state index contributed by atoms with van der Waals surface area (Å²) in [6.07, 6.45) is 0.766. The van der Waals surface area contributed by atoms with E-state index in [0.717, 1.165) is 47.8 Å². The number of hydrogen-bond acceptors (Lipinski definition) is 7. The van der Waals surface area contributed by atoms with Gasteiger partial charge in [-0.1, -0.05) is 23.7 Å². The maximum Gasteiger partial charge on any atom is 0.262 e. The number of fused-ring (bicyclic) bond motifs is 2. The van der Waals surface area contributed by atoms with Crippen molar-refractivity contribution in [1.29, 1.82) is 0 Å². The standard InChI is InChI=1S/C26H29ClN4O4S/c1-17-20(27)5-4-6-25(17)36(32,33)29-22-14-19-15-30(2)10-9-21(19)28-26(22)35-16-18-7-8-23-24(13-18)34-12-11-31(23)3/h4-8,13-14,29H,9-12,15-16H2,1-3H3. The molecule has 0 saturated carbocycles. The van der Waals surface area contributed by atoms with E-state index in [0.29, 0.717) is 29.4 Å². The van der Waals surface area contributed by atoms with E-state index in [4.69, 9.17) is 26.1 Å². The Labute approximate surface area is 216 Å². The van der Waals surface area contributed by atoms with Crippen molar-refractivity contribution in [2.75, 3.05) is 43.4 Å². The highest BCUT2D eigenvalue weighted by Gasteiger charge is 2.24. The quantitative estimate of drug-likeness (QED) is 0.512. The first kappa shape index (κ1) is 24.7. The van der Waals surface area contributed by atoms with Crippen LogP contribution in [0.15, 0.2) is 47.4 Å². The predicted molar refractivity (Wildman–Crippen MR) is 141 cm³/mol. The first-order valence-corrected chi connectivity index (χ1v) is 13.7. The molecule has 0 bridgehead atoms. The van der Waals surface area contributed by atoms with Gasteiger partial charge >= 0.3 is 0 Å². The topological polar surface area (TPSA) is 84.0 Å². The molecule has 36 heavy (non-hydrogen) atoms. The molecule has 0 aliphatic carbocycles. The van der Waals surface area contributed by atoms with E-state index in [1.54, 1.807) is 19.1 Å². The van der Waals surface area contributed by atoms with Crippen LogP contribution in [-0.2, 0) is 29.6 Å². The highest BCUT2D eigenvalue weighted by atomic mass is 35.5. The third kappa shape index (κ3) is 4.96. The second-order valence-electron chi connectivity index (χ2n) is 9.26. The van der Waals surface area contributed by atoms with Gasteiger partial charge in [0.05, 0.1) is 22.8 Å². The van der Waals surface area contributed by atoms with Gasteiger partial charge in [-0.3, -0.25) is 4.72 Å². The van der Waals surface area contributed by atoms with Crippen molar-refractivity contribution >= 4 is 33.0 Å². The van der Waals surface area contributed by atoms with Gasteiger partial charge in [-0.25, -0.2) is 13.4 Å². The molecule has 10 heteroatoms. The highest BCUT2D eigenvalue weighted by molar-refractivity contribution is 7.92. The molecule has 1 N–H and O–H groups in total. The van der Waals surface area contributed by atoms with E-state index in [-0.39, 0.29) is 17.4 Å². The zero-order chi connectivity index (χ0) is 25.4. The van der Waals surface area contributed by atoms with E-state index in [9.17, 15) is 8.42 Å². The molecular formula is C26H29ClN4O4S. The number of rotatable bonds is 6. The van der Waals surface area contributed by atoms with Gasteiger partial charge in [0.15, 0.2) is 0 Å².